The highest BCUT2D eigenvalue weighted by Crippen LogP contribution is 2.39. The van der Waals surface area contributed by atoms with Gasteiger partial charge < -0.3 is 10.8 Å². The van der Waals surface area contributed by atoms with E-state index in [9.17, 15) is 0 Å². The zero-order chi connectivity index (χ0) is 11.5. The molecule has 1 saturated carbocycles. The normalized spacial score (nSPS) is 17.4. The molecule has 1 aliphatic rings. The lowest BCUT2D eigenvalue weighted by molar-refractivity contribution is 0.289. The Morgan fingerprint density at radius 3 is 2.94 bits per heavy atom. The number of nitrogens with zero attached hydrogens (tertiary/aromatic N) is 2. The molecule has 1 aromatic rings. The molecule has 4 nitrogen and oxygen atoms in total. The monoisotopic (exact) mass is 239 g/mol. The summed E-state index contributed by atoms with van der Waals surface area (Å²) in [5, 5.41) is 10.1. The van der Waals surface area contributed by atoms with Gasteiger partial charge in [-0.2, -0.15) is 0 Å². The molecule has 88 valence electrons. The molecule has 1 unspecified atom stereocenters. The molecule has 0 aliphatic heterocycles. The van der Waals surface area contributed by atoms with Crippen molar-refractivity contribution < 1.29 is 5.11 Å². The number of hydrogen-bond acceptors (Lipinski definition) is 5. The van der Waals surface area contributed by atoms with Crippen molar-refractivity contribution in [2.24, 2.45) is 0 Å². The minimum absolute atomic E-state index is 0.213. The van der Waals surface area contributed by atoms with Crippen LogP contribution in [0.2, 0.25) is 0 Å². The van der Waals surface area contributed by atoms with Gasteiger partial charge in [0, 0.05) is 23.8 Å². The van der Waals surface area contributed by atoms with Crippen LogP contribution in [0.5, 0.6) is 0 Å². The van der Waals surface area contributed by atoms with Gasteiger partial charge in [-0.25, -0.2) is 9.97 Å². The molecule has 3 N–H and O–H groups in total. The first kappa shape index (κ1) is 11.7. The fourth-order valence-electron chi connectivity index (χ4n) is 1.49. The average Bonchev–Trinajstić information content (AvgIpc) is 2.99. The highest BCUT2D eigenvalue weighted by Gasteiger charge is 2.27. The van der Waals surface area contributed by atoms with Gasteiger partial charge in [-0.15, -0.1) is 11.8 Å². The van der Waals surface area contributed by atoms with Crippen LogP contribution in [0.4, 0.5) is 5.82 Å². The first-order chi connectivity index (χ1) is 7.69. The summed E-state index contributed by atoms with van der Waals surface area (Å²) in [6, 6.07) is 1.81. The maximum Gasteiger partial charge on any atom is 0.135 e. The van der Waals surface area contributed by atoms with Crippen LogP contribution in [0.3, 0.4) is 0 Å². The van der Waals surface area contributed by atoms with Crippen molar-refractivity contribution in [1.29, 1.82) is 0 Å². The van der Waals surface area contributed by atoms with Gasteiger partial charge in [0.1, 0.15) is 16.7 Å². The van der Waals surface area contributed by atoms with Gasteiger partial charge in [0.2, 0.25) is 0 Å². The summed E-state index contributed by atoms with van der Waals surface area (Å²) >= 11 is 1.65. The number of nitrogens with two attached hydrogens (primary N) is 1. The summed E-state index contributed by atoms with van der Waals surface area (Å²) in [4.78, 5) is 8.76. The Kier molecular flexibility index (Phi) is 3.66. The highest BCUT2D eigenvalue weighted by molar-refractivity contribution is 7.99. The molecule has 1 fully saturated rings. The van der Waals surface area contributed by atoms with Gasteiger partial charge in [-0.05, 0) is 19.3 Å². The summed E-state index contributed by atoms with van der Waals surface area (Å²) in [6.45, 7) is 2.29. The van der Waals surface area contributed by atoms with Crippen LogP contribution in [0.15, 0.2) is 11.1 Å². The third kappa shape index (κ3) is 3.09. The smallest absolute Gasteiger partial charge is 0.135 e. The summed E-state index contributed by atoms with van der Waals surface area (Å²) in [5.74, 6) is 1.96. The first-order valence-electron chi connectivity index (χ1n) is 5.61. The average molecular weight is 239 g/mol. The van der Waals surface area contributed by atoms with Crippen molar-refractivity contribution in [2.45, 2.75) is 42.4 Å². The summed E-state index contributed by atoms with van der Waals surface area (Å²) < 4.78 is 0. The molecule has 1 aromatic heterocycles. The number of aromatic nitrogens is 2. The second kappa shape index (κ2) is 5.01. The Balaban J connectivity index is 2.07. The fourth-order valence-corrected chi connectivity index (χ4v) is 2.46. The number of anilines is 1. The minimum atomic E-state index is 0.213. The number of rotatable bonds is 5. The summed E-state index contributed by atoms with van der Waals surface area (Å²) in [7, 11) is 0. The predicted molar refractivity (Wildman–Crippen MR) is 65.4 cm³/mol. The minimum Gasteiger partial charge on any atom is -0.396 e. The maximum absolute atomic E-state index is 8.85. The van der Waals surface area contributed by atoms with Crippen molar-refractivity contribution >= 4 is 17.6 Å². The lowest BCUT2D eigenvalue weighted by Gasteiger charge is -2.09. The second-order valence-corrected chi connectivity index (χ2v) is 5.66. The third-order valence-electron chi connectivity index (χ3n) is 2.54. The Bertz CT molecular complexity index is 368. The molecule has 1 heterocycles. The highest BCUT2D eigenvalue weighted by atomic mass is 32.2. The van der Waals surface area contributed by atoms with Crippen LogP contribution in [0.1, 0.15) is 37.9 Å². The maximum atomic E-state index is 8.85. The molecule has 0 amide bonds. The molecule has 0 aromatic carbocycles. The van der Waals surface area contributed by atoms with E-state index in [1.807, 2.05) is 6.07 Å². The van der Waals surface area contributed by atoms with Gasteiger partial charge in [0.15, 0.2) is 0 Å². The van der Waals surface area contributed by atoms with E-state index in [4.69, 9.17) is 10.8 Å². The van der Waals surface area contributed by atoms with Crippen LogP contribution >= 0.6 is 11.8 Å². The molecule has 5 heteroatoms. The van der Waals surface area contributed by atoms with Crippen LogP contribution < -0.4 is 5.73 Å². The van der Waals surface area contributed by atoms with E-state index >= 15 is 0 Å². The van der Waals surface area contributed by atoms with Crippen molar-refractivity contribution in [1.82, 2.24) is 9.97 Å². The number of thioether (sulfide) groups is 1. The van der Waals surface area contributed by atoms with E-state index in [-0.39, 0.29) is 6.61 Å². The van der Waals surface area contributed by atoms with Crippen molar-refractivity contribution in [3.63, 3.8) is 0 Å². The molecule has 16 heavy (non-hydrogen) atoms. The van der Waals surface area contributed by atoms with E-state index in [1.54, 1.807) is 11.8 Å². The third-order valence-corrected chi connectivity index (χ3v) is 3.63. The standard InChI is InChI=1S/C11H17N3OS/c1-7(4-5-15)16-10-6-9(12)13-11(14-10)8-2-3-8/h6-8,15H,2-5H2,1H3,(H2,12,13,14). The second-order valence-electron chi connectivity index (χ2n) is 4.20. The molecule has 0 spiro atoms. The SMILES string of the molecule is CC(CCO)Sc1cc(N)nc(C2CC2)n1. The molecular formula is C11H17N3OS. The van der Waals surface area contributed by atoms with Crippen LogP contribution in [0.25, 0.3) is 0 Å². The number of nitrogen functional groups attached to an aromatic ring is 1. The van der Waals surface area contributed by atoms with E-state index in [1.165, 1.54) is 12.8 Å². The van der Waals surface area contributed by atoms with Crippen molar-refractivity contribution in [3.05, 3.63) is 11.9 Å². The Morgan fingerprint density at radius 2 is 2.31 bits per heavy atom. The summed E-state index contributed by atoms with van der Waals surface area (Å²) in [5.41, 5.74) is 5.76. The van der Waals surface area contributed by atoms with Crippen molar-refractivity contribution in [2.75, 3.05) is 12.3 Å². The topological polar surface area (TPSA) is 72.0 Å². The summed E-state index contributed by atoms with van der Waals surface area (Å²) in [6.07, 6.45) is 3.13. The lowest BCUT2D eigenvalue weighted by Crippen LogP contribution is -2.03. The van der Waals surface area contributed by atoms with Gasteiger partial charge in [0.25, 0.3) is 0 Å². The predicted octanol–water partition coefficient (Wildman–Crippen LogP) is 1.80. The Hall–Kier alpha value is -0.810. The lowest BCUT2D eigenvalue weighted by atomic mass is 10.3. The Morgan fingerprint density at radius 1 is 1.56 bits per heavy atom. The Labute approximate surface area is 99.7 Å². The van der Waals surface area contributed by atoms with Crippen LogP contribution in [0, 0.1) is 0 Å². The first-order valence-corrected chi connectivity index (χ1v) is 6.49. The molecule has 2 rings (SSSR count). The van der Waals surface area contributed by atoms with Crippen LogP contribution in [-0.2, 0) is 0 Å². The quantitative estimate of drug-likeness (QED) is 0.605. The molecule has 0 radical (unpaired) electrons. The zero-order valence-corrected chi connectivity index (χ0v) is 10.2. The van der Waals surface area contributed by atoms with Crippen LogP contribution in [-0.4, -0.2) is 26.9 Å². The number of hydrogen-bond donors (Lipinski definition) is 2. The molecule has 1 atom stereocenters. The fraction of sp³-hybridized carbons (Fsp3) is 0.636. The van der Waals surface area contributed by atoms with Crippen molar-refractivity contribution in [3.8, 4) is 0 Å². The van der Waals surface area contributed by atoms with Gasteiger partial charge >= 0.3 is 0 Å². The van der Waals surface area contributed by atoms with Gasteiger partial charge in [0.05, 0.1) is 0 Å². The van der Waals surface area contributed by atoms with E-state index in [0.717, 1.165) is 17.3 Å². The zero-order valence-electron chi connectivity index (χ0n) is 9.39. The molecular weight excluding hydrogens is 222 g/mol. The van der Waals surface area contributed by atoms with Gasteiger partial charge in [-0.1, -0.05) is 6.92 Å². The largest absolute Gasteiger partial charge is 0.396 e. The van der Waals surface area contributed by atoms with E-state index in [2.05, 4.69) is 16.9 Å². The molecule has 1 aliphatic carbocycles. The van der Waals surface area contributed by atoms with E-state index in [0.29, 0.717) is 17.0 Å². The van der Waals surface area contributed by atoms with E-state index < -0.39 is 0 Å². The number of aliphatic hydroxyl groups is 1. The molecule has 0 saturated heterocycles. The number of aliphatic hydroxyl groups excluding tert-OH is 1. The molecule has 0 bridgehead atoms. The van der Waals surface area contributed by atoms with Gasteiger partial charge in [-0.3, -0.25) is 0 Å².